The average Bonchev–Trinajstić information content (AvgIpc) is 2.78. The fourth-order valence-corrected chi connectivity index (χ4v) is 3.05. The van der Waals surface area contributed by atoms with E-state index >= 15 is 0 Å². The third kappa shape index (κ3) is 6.34. The number of halogens is 3. The van der Waals surface area contributed by atoms with E-state index in [-0.39, 0.29) is 29.7 Å². The Morgan fingerprint density at radius 3 is 2.28 bits per heavy atom. The lowest BCUT2D eigenvalue weighted by atomic mass is 10.1. The van der Waals surface area contributed by atoms with Gasteiger partial charge in [0.2, 0.25) is 5.91 Å². The Kier molecular flexibility index (Phi) is 7.14. The van der Waals surface area contributed by atoms with E-state index in [0.29, 0.717) is 5.69 Å². The van der Waals surface area contributed by atoms with Crippen LogP contribution in [0.1, 0.15) is 34.5 Å². The first kappa shape index (κ1) is 22.9. The molecule has 3 N–H and O–H groups in total. The highest BCUT2D eigenvalue weighted by Gasteiger charge is 2.30. The molecule has 0 fully saturated rings. The predicted molar refractivity (Wildman–Crippen MR) is 117 cm³/mol. The van der Waals surface area contributed by atoms with Crippen molar-refractivity contribution >= 4 is 23.2 Å². The van der Waals surface area contributed by atoms with E-state index < -0.39 is 17.6 Å². The van der Waals surface area contributed by atoms with Gasteiger partial charge in [-0.3, -0.25) is 9.59 Å². The van der Waals surface area contributed by atoms with Crippen LogP contribution in [-0.2, 0) is 11.0 Å². The Morgan fingerprint density at radius 2 is 1.56 bits per heavy atom. The molecular formula is C24H22F3N3O2. The molecule has 166 valence electrons. The van der Waals surface area contributed by atoms with E-state index in [1.807, 2.05) is 37.3 Å². The standard InChI is InChI=1S/C24H22F3N3O2/c1-16(17-7-3-2-4-8-17)29-22(31)15-28-20-11-5-9-18(13-20)23(32)30-21-12-6-10-19(14-21)24(25,26)27/h2-14,16,28H,15H2,1H3,(H,29,31)(H,30,32)/t16-/m1/s1. The second-order valence-corrected chi connectivity index (χ2v) is 7.17. The molecule has 1 atom stereocenters. The van der Waals surface area contributed by atoms with Crippen LogP contribution in [0.4, 0.5) is 24.5 Å². The molecule has 0 saturated carbocycles. The Hall–Kier alpha value is -3.81. The summed E-state index contributed by atoms with van der Waals surface area (Å²) in [4.78, 5) is 24.7. The highest BCUT2D eigenvalue weighted by atomic mass is 19.4. The van der Waals surface area contributed by atoms with Crippen LogP contribution in [0.15, 0.2) is 78.9 Å². The Bertz CT molecular complexity index is 1090. The number of anilines is 2. The zero-order valence-corrected chi connectivity index (χ0v) is 17.2. The second kappa shape index (κ2) is 10.00. The van der Waals surface area contributed by atoms with Crippen LogP contribution in [0, 0.1) is 0 Å². The summed E-state index contributed by atoms with van der Waals surface area (Å²) in [5.41, 5.74) is 0.947. The van der Waals surface area contributed by atoms with E-state index in [1.54, 1.807) is 12.1 Å². The van der Waals surface area contributed by atoms with Crippen molar-refractivity contribution < 1.29 is 22.8 Å². The molecule has 3 aromatic rings. The molecule has 3 rings (SSSR count). The van der Waals surface area contributed by atoms with Crippen LogP contribution in [-0.4, -0.2) is 18.4 Å². The third-order valence-electron chi connectivity index (χ3n) is 4.70. The second-order valence-electron chi connectivity index (χ2n) is 7.17. The van der Waals surface area contributed by atoms with Crippen LogP contribution < -0.4 is 16.0 Å². The SMILES string of the molecule is C[C@@H](NC(=O)CNc1cccc(C(=O)Nc2cccc(C(F)(F)F)c2)c1)c1ccccc1. The zero-order chi connectivity index (χ0) is 23.1. The number of benzene rings is 3. The summed E-state index contributed by atoms with van der Waals surface area (Å²) in [6.07, 6.45) is -4.50. The van der Waals surface area contributed by atoms with Gasteiger partial charge in [0.05, 0.1) is 18.2 Å². The molecule has 2 amide bonds. The van der Waals surface area contributed by atoms with Gasteiger partial charge in [0.1, 0.15) is 0 Å². The smallest absolute Gasteiger partial charge is 0.376 e. The molecule has 3 aromatic carbocycles. The fraction of sp³-hybridized carbons (Fsp3) is 0.167. The van der Waals surface area contributed by atoms with Gasteiger partial charge >= 0.3 is 6.18 Å². The average molecular weight is 441 g/mol. The molecule has 32 heavy (non-hydrogen) atoms. The summed E-state index contributed by atoms with van der Waals surface area (Å²) < 4.78 is 38.6. The zero-order valence-electron chi connectivity index (χ0n) is 17.2. The van der Waals surface area contributed by atoms with Crippen molar-refractivity contribution in [3.8, 4) is 0 Å². The van der Waals surface area contributed by atoms with Crippen molar-refractivity contribution in [1.82, 2.24) is 5.32 Å². The number of nitrogens with one attached hydrogen (secondary N) is 3. The molecule has 0 saturated heterocycles. The maximum atomic E-state index is 12.9. The third-order valence-corrected chi connectivity index (χ3v) is 4.70. The molecule has 0 radical (unpaired) electrons. The number of hydrogen-bond acceptors (Lipinski definition) is 3. The Balaban J connectivity index is 1.58. The first-order valence-corrected chi connectivity index (χ1v) is 9.89. The minimum Gasteiger partial charge on any atom is -0.376 e. The van der Waals surface area contributed by atoms with E-state index in [1.165, 1.54) is 24.3 Å². The van der Waals surface area contributed by atoms with Gasteiger partial charge in [-0.05, 0) is 48.9 Å². The molecule has 8 heteroatoms. The first-order valence-electron chi connectivity index (χ1n) is 9.89. The molecule has 0 aliphatic rings. The molecule has 0 unspecified atom stereocenters. The van der Waals surface area contributed by atoms with Gasteiger partial charge in [-0.2, -0.15) is 13.2 Å². The Morgan fingerprint density at radius 1 is 0.875 bits per heavy atom. The maximum absolute atomic E-state index is 12.9. The van der Waals surface area contributed by atoms with Crippen molar-refractivity contribution in [3.63, 3.8) is 0 Å². The Labute approximate surface area is 183 Å². The van der Waals surface area contributed by atoms with Crippen molar-refractivity contribution in [2.75, 3.05) is 17.2 Å². The number of hydrogen-bond donors (Lipinski definition) is 3. The van der Waals surface area contributed by atoms with Gasteiger partial charge in [-0.15, -0.1) is 0 Å². The summed E-state index contributed by atoms with van der Waals surface area (Å²) in [5, 5.41) is 8.29. The predicted octanol–water partition coefficient (Wildman–Crippen LogP) is 5.25. The molecule has 5 nitrogen and oxygen atoms in total. The normalized spacial score (nSPS) is 12.0. The lowest BCUT2D eigenvalue weighted by Gasteiger charge is -2.15. The summed E-state index contributed by atoms with van der Waals surface area (Å²) in [6, 6.07) is 20.2. The molecule has 0 aromatic heterocycles. The molecule has 0 heterocycles. The van der Waals surface area contributed by atoms with Crippen LogP contribution >= 0.6 is 0 Å². The van der Waals surface area contributed by atoms with Crippen molar-refractivity contribution in [2.45, 2.75) is 19.1 Å². The lowest BCUT2D eigenvalue weighted by molar-refractivity contribution is -0.137. The minimum atomic E-state index is -4.50. The summed E-state index contributed by atoms with van der Waals surface area (Å²) in [7, 11) is 0. The van der Waals surface area contributed by atoms with Gasteiger partial charge in [0, 0.05) is 16.9 Å². The molecular weight excluding hydrogens is 419 g/mol. The fourth-order valence-electron chi connectivity index (χ4n) is 3.05. The van der Waals surface area contributed by atoms with E-state index in [0.717, 1.165) is 17.7 Å². The quantitative estimate of drug-likeness (QED) is 0.469. The van der Waals surface area contributed by atoms with Crippen LogP contribution in [0.3, 0.4) is 0 Å². The van der Waals surface area contributed by atoms with Gasteiger partial charge in [0.25, 0.3) is 5.91 Å². The topological polar surface area (TPSA) is 70.2 Å². The number of alkyl halides is 3. The van der Waals surface area contributed by atoms with Crippen molar-refractivity contribution in [3.05, 3.63) is 95.6 Å². The van der Waals surface area contributed by atoms with E-state index in [4.69, 9.17) is 0 Å². The highest BCUT2D eigenvalue weighted by Crippen LogP contribution is 2.30. The van der Waals surface area contributed by atoms with Gasteiger partial charge in [-0.1, -0.05) is 42.5 Å². The summed E-state index contributed by atoms with van der Waals surface area (Å²) >= 11 is 0. The minimum absolute atomic E-state index is 0.00409. The summed E-state index contributed by atoms with van der Waals surface area (Å²) in [6.45, 7) is 1.88. The summed E-state index contributed by atoms with van der Waals surface area (Å²) in [5.74, 6) is -0.782. The largest absolute Gasteiger partial charge is 0.416 e. The number of rotatable bonds is 7. The van der Waals surface area contributed by atoms with Crippen LogP contribution in [0.5, 0.6) is 0 Å². The number of amides is 2. The number of carbonyl (C=O) groups excluding carboxylic acids is 2. The van der Waals surface area contributed by atoms with Gasteiger partial charge in [0.15, 0.2) is 0 Å². The van der Waals surface area contributed by atoms with Crippen LogP contribution in [0.2, 0.25) is 0 Å². The van der Waals surface area contributed by atoms with E-state index in [9.17, 15) is 22.8 Å². The molecule has 0 aliphatic carbocycles. The van der Waals surface area contributed by atoms with Gasteiger partial charge in [-0.25, -0.2) is 0 Å². The van der Waals surface area contributed by atoms with E-state index in [2.05, 4.69) is 16.0 Å². The maximum Gasteiger partial charge on any atom is 0.416 e. The molecule has 0 spiro atoms. The first-order chi connectivity index (χ1) is 15.2. The van der Waals surface area contributed by atoms with Gasteiger partial charge < -0.3 is 16.0 Å². The molecule has 0 bridgehead atoms. The lowest BCUT2D eigenvalue weighted by Crippen LogP contribution is -2.32. The van der Waals surface area contributed by atoms with Crippen molar-refractivity contribution in [2.24, 2.45) is 0 Å². The molecule has 0 aliphatic heterocycles. The highest BCUT2D eigenvalue weighted by molar-refractivity contribution is 6.04. The van der Waals surface area contributed by atoms with Crippen molar-refractivity contribution in [1.29, 1.82) is 0 Å². The monoisotopic (exact) mass is 441 g/mol. The van der Waals surface area contributed by atoms with Crippen LogP contribution in [0.25, 0.3) is 0 Å². The number of carbonyl (C=O) groups is 2.